The lowest BCUT2D eigenvalue weighted by atomic mass is 9.48. The number of benzene rings is 1. The smallest absolute Gasteiger partial charge is 0.262 e. The van der Waals surface area contributed by atoms with Gasteiger partial charge in [-0.3, -0.25) is 24.3 Å². The van der Waals surface area contributed by atoms with Crippen LogP contribution in [0.5, 0.6) is 5.75 Å². The molecule has 0 saturated heterocycles. The molecule has 7 heteroatoms. The number of hydrogen-bond donors (Lipinski definition) is 3. The number of rotatable bonds is 2. The van der Waals surface area contributed by atoms with E-state index in [-0.39, 0.29) is 33.8 Å². The van der Waals surface area contributed by atoms with Gasteiger partial charge in [0.2, 0.25) is 0 Å². The van der Waals surface area contributed by atoms with Crippen molar-refractivity contribution in [1.82, 2.24) is 9.88 Å². The Balaban J connectivity index is 1.52. The summed E-state index contributed by atoms with van der Waals surface area (Å²) in [6.07, 6.45) is 7.41. The molecule has 0 atom stereocenters. The van der Waals surface area contributed by atoms with Gasteiger partial charge in [0.05, 0.1) is 16.8 Å². The van der Waals surface area contributed by atoms with Crippen LogP contribution in [0.25, 0.3) is 5.69 Å². The molecule has 1 aliphatic heterocycles. The first kappa shape index (κ1) is 17.7. The Kier molecular flexibility index (Phi) is 3.40. The van der Waals surface area contributed by atoms with E-state index in [4.69, 9.17) is 5.73 Å². The monoisotopic (exact) mass is 405 g/mol. The number of phenols is 1. The van der Waals surface area contributed by atoms with Gasteiger partial charge in [0.1, 0.15) is 11.6 Å². The van der Waals surface area contributed by atoms with Crippen molar-refractivity contribution in [3.8, 4) is 11.4 Å². The van der Waals surface area contributed by atoms with Crippen LogP contribution in [0.3, 0.4) is 0 Å². The first-order chi connectivity index (χ1) is 14.3. The predicted molar refractivity (Wildman–Crippen MR) is 110 cm³/mol. The number of aromatic hydroxyl groups is 1. The number of nitrogens with zero attached hydrogens (tertiary/aromatic N) is 1. The molecule has 30 heavy (non-hydrogen) atoms. The van der Waals surface area contributed by atoms with Gasteiger partial charge in [0.25, 0.3) is 17.4 Å². The number of nitrogens with one attached hydrogen (secondary N) is 1. The minimum absolute atomic E-state index is 0.0146. The van der Waals surface area contributed by atoms with E-state index in [0.717, 1.165) is 53.2 Å². The quantitative estimate of drug-likeness (QED) is 0.664. The van der Waals surface area contributed by atoms with Crippen molar-refractivity contribution < 1.29 is 14.7 Å². The van der Waals surface area contributed by atoms with E-state index in [1.165, 1.54) is 19.3 Å². The van der Waals surface area contributed by atoms with E-state index in [2.05, 4.69) is 5.32 Å². The molecule has 0 spiro atoms. The summed E-state index contributed by atoms with van der Waals surface area (Å²) in [6, 6.07) is 6.56. The molecule has 2 amide bonds. The maximum absolute atomic E-state index is 12.8. The highest BCUT2D eigenvalue weighted by Crippen LogP contribution is 2.61. The molecule has 4 saturated carbocycles. The van der Waals surface area contributed by atoms with Crippen LogP contribution in [0.2, 0.25) is 0 Å². The van der Waals surface area contributed by atoms with E-state index in [1.807, 2.05) is 12.1 Å². The second-order valence-corrected chi connectivity index (χ2v) is 9.68. The molecule has 0 unspecified atom stereocenters. The summed E-state index contributed by atoms with van der Waals surface area (Å²) in [7, 11) is 0. The van der Waals surface area contributed by atoms with Crippen molar-refractivity contribution in [1.29, 1.82) is 0 Å². The molecule has 2 aromatic rings. The average molecular weight is 405 g/mol. The van der Waals surface area contributed by atoms with Crippen LogP contribution in [0, 0.1) is 17.8 Å². The number of nitrogens with two attached hydrogens (primary N) is 1. The highest BCUT2D eigenvalue weighted by atomic mass is 16.3. The molecule has 4 aliphatic carbocycles. The third-order valence-corrected chi connectivity index (χ3v) is 7.82. The number of nitrogen functional groups attached to an aromatic ring is 1. The Labute approximate surface area is 172 Å². The molecule has 5 aliphatic rings. The Hall–Kier alpha value is -3.09. The first-order valence-electron chi connectivity index (χ1n) is 10.6. The van der Waals surface area contributed by atoms with Gasteiger partial charge in [-0.15, -0.1) is 0 Å². The summed E-state index contributed by atoms with van der Waals surface area (Å²) < 4.78 is 1.15. The Morgan fingerprint density at radius 1 is 0.967 bits per heavy atom. The molecule has 4 bridgehead atoms. The number of phenolic OH excluding ortho intramolecular Hbond substituents is 1. The van der Waals surface area contributed by atoms with Crippen LogP contribution in [-0.4, -0.2) is 21.5 Å². The minimum Gasteiger partial charge on any atom is -0.506 e. The predicted octanol–water partition coefficient (Wildman–Crippen LogP) is 2.48. The molecule has 7 rings (SSSR count). The van der Waals surface area contributed by atoms with E-state index in [0.29, 0.717) is 0 Å². The summed E-state index contributed by atoms with van der Waals surface area (Å²) in [5.74, 6) is 0.819. The molecule has 1 aromatic carbocycles. The number of aromatic nitrogens is 1. The molecular formula is C23H23N3O4. The Morgan fingerprint density at radius 2 is 1.60 bits per heavy atom. The third-order valence-electron chi connectivity index (χ3n) is 7.82. The largest absolute Gasteiger partial charge is 0.506 e. The molecular weight excluding hydrogens is 382 g/mol. The normalized spacial score (nSPS) is 31.1. The molecule has 7 nitrogen and oxygen atoms in total. The zero-order valence-electron chi connectivity index (χ0n) is 16.5. The number of anilines is 1. The number of pyridine rings is 1. The fourth-order valence-corrected chi connectivity index (χ4v) is 7.02. The highest BCUT2D eigenvalue weighted by molar-refractivity contribution is 6.23. The number of imide groups is 1. The fourth-order valence-electron chi connectivity index (χ4n) is 7.02. The van der Waals surface area contributed by atoms with Crippen molar-refractivity contribution >= 4 is 17.6 Å². The highest BCUT2D eigenvalue weighted by Gasteiger charge is 2.51. The standard InChI is InChI=1S/C23H23N3O4/c24-20-19-15(21(29)25-22(19)30)7-18(28)26(20)16-6-14(1-2-17(16)27)23-8-11-3-12(9-23)5-13(4-11)10-23/h1-2,6-7,11-13,27H,3-5,8-10,24H2,(H,25,29,30). The van der Waals surface area contributed by atoms with Crippen LogP contribution in [0.15, 0.2) is 29.1 Å². The zero-order valence-corrected chi connectivity index (χ0v) is 16.5. The molecule has 0 radical (unpaired) electrons. The third kappa shape index (κ3) is 2.29. The summed E-state index contributed by atoms with van der Waals surface area (Å²) in [5.41, 5.74) is 7.08. The van der Waals surface area contributed by atoms with Gasteiger partial charge in [-0.05, 0) is 79.4 Å². The van der Waals surface area contributed by atoms with Crippen molar-refractivity contribution in [3.05, 3.63) is 51.3 Å². The molecule has 4 fully saturated rings. The van der Waals surface area contributed by atoms with Gasteiger partial charge in [0, 0.05) is 6.07 Å². The summed E-state index contributed by atoms with van der Waals surface area (Å²) in [4.78, 5) is 37.0. The van der Waals surface area contributed by atoms with Gasteiger partial charge in [-0.25, -0.2) is 0 Å². The summed E-state index contributed by atoms with van der Waals surface area (Å²) in [5, 5.41) is 12.8. The number of amides is 2. The van der Waals surface area contributed by atoms with Crippen LogP contribution >= 0.6 is 0 Å². The lowest BCUT2D eigenvalue weighted by Gasteiger charge is -2.57. The van der Waals surface area contributed by atoms with Gasteiger partial charge in [0.15, 0.2) is 0 Å². The lowest BCUT2D eigenvalue weighted by Crippen LogP contribution is -2.48. The van der Waals surface area contributed by atoms with Gasteiger partial charge in [-0.2, -0.15) is 0 Å². The van der Waals surface area contributed by atoms with Crippen LogP contribution in [-0.2, 0) is 5.41 Å². The van der Waals surface area contributed by atoms with Crippen LogP contribution in [0.1, 0.15) is 64.8 Å². The van der Waals surface area contributed by atoms with Crippen molar-refractivity contribution in [3.63, 3.8) is 0 Å². The number of hydrogen-bond acceptors (Lipinski definition) is 5. The molecule has 2 heterocycles. The second-order valence-electron chi connectivity index (χ2n) is 9.68. The van der Waals surface area contributed by atoms with E-state index in [1.54, 1.807) is 6.07 Å². The van der Waals surface area contributed by atoms with Gasteiger partial charge < -0.3 is 10.8 Å². The van der Waals surface area contributed by atoms with Gasteiger partial charge >= 0.3 is 0 Å². The molecule has 1 aromatic heterocycles. The molecule has 4 N–H and O–H groups in total. The minimum atomic E-state index is -0.627. The van der Waals surface area contributed by atoms with Crippen molar-refractivity contribution in [2.45, 2.75) is 43.9 Å². The zero-order chi connectivity index (χ0) is 20.8. The fraction of sp³-hybridized carbons (Fsp3) is 0.435. The van der Waals surface area contributed by atoms with Crippen molar-refractivity contribution in [2.75, 3.05) is 5.73 Å². The SMILES string of the molecule is Nc1c2c(cc(=O)n1-c1cc(C34CC5CC(CC(C5)C3)C4)ccc1O)C(=O)NC2=O. The number of fused-ring (bicyclic) bond motifs is 1. The first-order valence-corrected chi connectivity index (χ1v) is 10.6. The maximum atomic E-state index is 12.8. The van der Waals surface area contributed by atoms with Gasteiger partial charge in [-0.1, -0.05) is 6.07 Å². The number of carbonyl (C=O) groups excluding carboxylic acids is 2. The van der Waals surface area contributed by atoms with Crippen molar-refractivity contribution in [2.24, 2.45) is 17.8 Å². The van der Waals surface area contributed by atoms with Crippen LogP contribution < -0.4 is 16.6 Å². The van der Waals surface area contributed by atoms with E-state index >= 15 is 0 Å². The number of carbonyl (C=O) groups is 2. The van der Waals surface area contributed by atoms with E-state index in [9.17, 15) is 19.5 Å². The van der Waals surface area contributed by atoms with E-state index < -0.39 is 17.4 Å². The maximum Gasteiger partial charge on any atom is 0.262 e. The Morgan fingerprint density at radius 3 is 2.23 bits per heavy atom. The lowest BCUT2D eigenvalue weighted by molar-refractivity contribution is -0.00520. The summed E-state index contributed by atoms with van der Waals surface area (Å²) >= 11 is 0. The topological polar surface area (TPSA) is 114 Å². The second kappa shape index (κ2) is 5.74. The Bertz CT molecular complexity index is 1160. The molecule has 154 valence electrons. The van der Waals surface area contributed by atoms with Crippen LogP contribution in [0.4, 0.5) is 5.82 Å². The average Bonchev–Trinajstić information content (AvgIpc) is 2.95. The summed E-state index contributed by atoms with van der Waals surface area (Å²) in [6.45, 7) is 0.